The summed E-state index contributed by atoms with van der Waals surface area (Å²) in [5.74, 6) is -0.0979. The quantitative estimate of drug-likeness (QED) is 0.587. The molecular weight excluding hydrogens is 312 g/mol. The van der Waals surface area contributed by atoms with Gasteiger partial charge < -0.3 is 19.3 Å². The van der Waals surface area contributed by atoms with Gasteiger partial charge in [0.2, 0.25) is 0 Å². The molecule has 0 atom stereocenters. The fourth-order valence-corrected chi connectivity index (χ4v) is 1.94. The maximum atomic E-state index is 10.6. The molecule has 22 heavy (non-hydrogen) atoms. The second-order valence-electron chi connectivity index (χ2n) is 4.31. The maximum absolute atomic E-state index is 10.6. The molecule has 7 nitrogen and oxygen atoms in total. The van der Waals surface area contributed by atoms with Crippen molar-refractivity contribution >= 4 is 28.5 Å². The summed E-state index contributed by atoms with van der Waals surface area (Å²) in [5.41, 5.74) is 0.587. The molecule has 1 N–H and O–H groups in total. The highest BCUT2D eigenvalue weighted by atomic mass is 35.5. The van der Waals surface area contributed by atoms with Crippen LogP contribution in [-0.4, -0.2) is 48.0 Å². The summed E-state index contributed by atoms with van der Waals surface area (Å²) in [5, 5.41) is 9.61. The lowest BCUT2D eigenvalue weighted by molar-refractivity contribution is -0.137. The highest BCUT2D eigenvalue weighted by Gasteiger charge is 2.12. The number of nitrogens with zero attached hydrogens (tertiary/aromatic N) is 2. The summed E-state index contributed by atoms with van der Waals surface area (Å²) < 4.78 is 16.0. The molecule has 0 bridgehead atoms. The van der Waals surface area contributed by atoms with Crippen molar-refractivity contribution in [3.63, 3.8) is 0 Å². The van der Waals surface area contributed by atoms with Crippen molar-refractivity contribution in [2.45, 2.75) is 6.42 Å². The lowest BCUT2D eigenvalue weighted by Gasteiger charge is -2.13. The Bertz CT molecular complexity index is 665. The predicted octanol–water partition coefficient (Wildman–Crippen LogP) is 2.16. The van der Waals surface area contributed by atoms with E-state index in [0.717, 1.165) is 0 Å². The van der Waals surface area contributed by atoms with Gasteiger partial charge in [-0.25, -0.2) is 9.97 Å². The Morgan fingerprint density at radius 1 is 1.18 bits per heavy atom. The van der Waals surface area contributed by atoms with E-state index in [1.165, 1.54) is 6.33 Å². The number of carboxylic acids is 1. The highest BCUT2D eigenvalue weighted by molar-refractivity contribution is 6.34. The monoisotopic (exact) mass is 326 g/mol. The first-order valence-corrected chi connectivity index (χ1v) is 6.90. The van der Waals surface area contributed by atoms with Crippen LogP contribution in [0.25, 0.3) is 10.9 Å². The SMILES string of the molecule is COCCOc1cc2c(Cl)ncnc2cc1OCCC(=O)O. The molecule has 0 saturated heterocycles. The van der Waals surface area contributed by atoms with Crippen molar-refractivity contribution in [1.82, 2.24) is 9.97 Å². The lowest BCUT2D eigenvalue weighted by atomic mass is 10.2. The van der Waals surface area contributed by atoms with Crippen molar-refractivity contribution in [2.75, 3.05) is 26.9 Å². The molecule has 2 aromatic rings. The summed E-state index contributed by atoms with van der Waals surface area (Å²) in [6.45, 7) is 0.758. The molecule has 0 radical (unpaired) electrons. The zero-order valence-corrected chi connectivity index (χ0v) is 12.7. The largest absolute Gasteiger partial charge is 0.489 e. The third-order valence-corrected chi connectivity index (χ3v) is 3.07. The fourth-order valence-electron chi connectivity index (χ4n) is 1.74. The van der Waals surface area contributed by atoms with E-state index in [9.17, 15) is 4.79 Å². The van der Waals surface area contributed by atoms with E-state index in [2.05, 4.69) is 9.97 Å². The number of hydrogen-bond donors (Lipinski definition) is 1. The molecule has 0 spiro atoms. The van der Waals surface area contributed by atoms with Gasteiger partial charge in [0.15, 0.2) is 11.5 Å². The second kappa shape index (κ2) is 7.77. The molecule has 0 fully saturated rings. The third kappa shape index (κ3) is 4.19. The van der Waals surface area contributed by atoms with Crippen molar-refractivity contribution in [3.05, 3.63) is 23.6 Å². The summed E-state index contributed by atoms with van der Waals surface area (Å²) in [6, 6.07) is 3.32. The first-order valence-electron chi connectivity index (χ1n) is 6.52. The van der Waals surface area contributed by atoms with Gasteiger partial charge in [0.25, 0.3) is 0 Å². The Balaban J connectivity index is 2.28. The minimum Gasteiger partial charge on any atom is -0.489 e. The molecule has 1 aromatic carbocycles. The summed E-state index contributed by atoms with van der Waals surface area (Å²) in [7, 11) is 1.57. The van der Waals surface area contributed by atoms with Crippen LogP contribution in [-0.2, 0) is 9.53 Å². The Kier molecular flexibility index (Phi) is 5.74. The molecular formula is C14H15ClN2O5. The number of benzene rings is 1. The van der Waals surface area contributed by atoms with Crippen LogP contribution >= 0.6 is 11.6 Å². The number of aromatic nitrogens is 2. The minimum atomic E-state index is -0.937. The number of aliphatic carboxylic acids is 1. The van der Waals surface area contributed by atoms with Gasteiger partial charge >= 0.3 is 5.97 Å². The summed E-state index contributed by atoms with van der Waals surface area (Å²) >= 11 is 6.04. The molecule has 0 aliphatic carbocycles. The molecule has 2 rings (SSSR count). The van der Waals surface area contributed by atoms with E-state index < -0.39 is 5.97 Å². The molecule has 0 aliphatic rings. The lowest BCUT2D eigenvalue weighted by Crippen LogP contribution is -2.08. The third-order valence-electron chi connectivity index (χ3n) is 2.77. The molecule has 1 aromatic heterocycles. The van der Waals surface area contributed by atoms with Gasteiger partial charge in [-0.3, -0.25) is 4.79 Å². The number of hydrogen-bond acceptors (Lipinski definition) is 6. The van der Waals surface area contributed by atoms with E-state index >= 15 is 0 Å². The molecule has 0 aliphatic heterocycles. The normalized spacial score (nSPS) is 10.6. The topological polar surface area (TPSA) is 90.8 Å². The fraction of sp³-hybridized carbons (Fsp3) is 0.357. The molecule has 8 heteroatoms. The molecule has 118 valence electrons. The standard InChI is InChI=1S/C14H15ClN2O5/c1-20-4-5-22-11-6-9-10(16-8-17-14(9)15)7-12(11)21-3-2-13(18)19/h6-8H,2-5H2,1H3,(H,18,19). The number of carboxylic acid groups (broad SMARTS) is 1. The highest BCUT2D eigenvalue weighted by Crippen LogP contribution is 2.34. The summed E-state index contributed by atoms with van der Waals surface area (Å²) in [4.78, 5) is 18.6. The summed E-state index contributed by atoms with van der Waals surface area (Å²) in [6.07, 6.45) is 1.23. The van der Waals surface area contributed by atoms with E-state index in [1.54, 1.807) is 19.2 Å². The number of halogens is 1. The van der Waals surface area contributed by atoms with Gasteiger partial charge in [-0.05, 0) is 6.07 Å². The van der Waals surface area contributed by atoms with Gasteiger partial charge in [0, 0.05) is 18.6 Å². The number of rotatable bonds is 8. The van der Waals surface area contributed by atoms with E-state index in [0.29, 0.717) is 40.8 Å². The second-order valence-corrected chi connectivity index (χ2v) is 4.67. The van der Waals surface area contributed by atoms with Gasteiger partial charge in [-0.1, -0.05) is 11.6 Å². The zero-order valence-electron chi connectivity index (χ0n) is 11.9. The first-order chi connectivity index (χ1) is 10.6. The van der Waals surface area contributed by atoms with Crippen LogP contribution < -0.4 is 9.47 Å². The molecule has 1 heterocycles. The van der Waals surface area contributed by atoms with Crippen molar-refractivity contribution in [2.24, 2.45) is 0 Å². The molecule has 0 saturated carbocycles. The minimum absolute atomic E-state index is 0.0281. The smallest absolute Gasteiger partial charge is 0.306 e. The number of ether oxygens (including phenoxy) is 3. The van der Waals surface area contributed by atoms with Crippen molar-refractivity contribution < 1.29 is 24.1 Å². The van der Waals surface area contributed by atoms with Crippen LogP contribution in [0.3, 0.4) is 0 Å². The maximum Gasteiger partial charge on any atom is 0.306 e. The van der Waals surface area contributed by atoms with Crippen molar-refractivity contribution in [1.29, 1.82) is 0 Å². The average molecular weight is 327 g/mol. The predicted molar refractivity (Wildman–Crippen MR) is 79.7 cm³/mol. The molecule has 0 unspecified atom stereocenters. The van der Waals surface area contributed by atoms with Gasteiger partial charge in [-0.15, -0.1) is 0 Å². The average Bonchev–Trinajstić information content (AvgIpc) is 2.48. The van der Waals surface area contributed by atoms with Crippen LogP contribution in [0.5, 0.6) is 11.5 Å². The van der Waals surface area contributed by atoms with Crippen LogP contribution in [0.1, 0.15) is 6.42 Å². The van der Waals surface area contributed by atoms with E-state index in [1.807, 2.05) is 0 Å². The number of fused-ring (bicyclic) bond motifs is 1. The van der Waals surface area contributed by atoms with Crippen LogP contribution in [0.2, 0.25) is 5.15 Å². The Morgan fingerprint density at radius 2 is 1.91 bits per heavy atom. The van der Waals surface area contributed by atoms with Gasteiger partial charge in [0.1, 0.15) is 18.1 Å². The van der Waals surface area contributed by atoms with Crippen molar-refractivity contribution in [3.8, 4) is 11.5 Å². The zero-order chi connectivity index (χ0) is 15.9. The van der Waals surface area contributed by atoms with Crippen LogP contribution in [0, 0.1) is 0 Å². The number of methoxy groups -OCH3 is 1. The molecule has 0 amide bonds. The Hall–Kier alpha value is -2.12. The van der Waals surface area contributed by atoms with E-state index in [-0.39, 0.29) is 13.0 Å². The Labute approximate surface area is 131 Å². The van der Waals surface area contributed by atoms with Gasteiger partial charge in [0.05, 0.1) is 25.2 Å². The van der Waals surface area contributed by atoms with Gasteiger partial charge in [-0.2, -0.15) is 0 Å². The number of carbonyl (C=O) groups is 1. The Morgan fingerprint density at radius 3 is 2.64 bits per heavy atom. The van der Waals surface area contributed by atoms with Crippen LogP contribution in [0.15, 0.2) is 18.5 Å². The van der Waals surface area contributed by atoms with Crippen LogP contribution in [0.4, 0.5) is 0 Å². The van der Waals surface area contributed by atoms with E-state index in [4.69, 9.17) is 30.9 Å². The first kappa shape index (κ1) is 16.3.